The average Bonchev–Trinajstić information content (AvgIpc) is 3.52. The minimum absolute atomic E-state index is 0.285. The van der Waals surface area contributed by atoms with Crippen molar-refractivity contribution in [1.29, 1.82) is 0 Å². The van der Waals surface area contributed by atoms with E-state index in [1.807, 2.05) is 24.3 Å². The average molecular weight is 339 g/mol. The highest BCUT2D eigenvalue weighted by Gasteiger charge is 2.48. The van der Waals surface area contributed by atoms with Crippen molar-refractivity contribution in [3.63, 3.8) is 0 Å². The molecule has 1 N–H and O–H groups in total. The van der Waals surface area contributed by atoms with Crippen LogP contribution in [-0.2, 0) is 4.74 Å². The third kappa shape index (κ3) is 3.97. The van der Waals surface area contributed by atoms with Gasteiger partial charge in [0, 0.05) is 19.7 Å². The van der Waals surface area contributed by atoms with Crippen LogP contribution in [0, 0.1) is 5.92 Å². The fourth-order valence-corrected chi connectivity index (χ4v) is 3.51. The molecule has 4 heteroatoms. The van der Waals surface area contributed by atoms with Crippen molar-refractivity contribution in [2.24, 2.45) is 5.92 Å². The number of aromatic hydroxyl groups is 1. The van der Waals surface area contributed by atoms with Gasteiger partial charge in [-0.1, -0.05) is 24.3 Å². The number of nitrogens with zero attached hydrogens (tertiary/aromatic N) is 1. The van der Waals surface area contributed by atoms with Gasteiger partial charge in [0.2, 0.25) is 0 Å². The molecule has 2 aliphatic rings. The molecule has 2 fully saturated rings. The topological polar surface area (TPSA) is 41.7 Å². The van der Waals surface area contributed by atoms with Crippen LogP contribution in [0.1, 0.15) is 12.8 Å². The molecule has 0 amide bonds. The summed E-state index contributed by atoms with van der Waals surface area (Å²) in [5.41, 5.74) is 2.19. The molecule has 132 valence electrons. The van der Waals surface area contributed by atoms with Crippen LogP contribution >= 0.6 is 0 Å². The molecule has 2 aromatic carbocycles. The molecule has 25 heavy (non-hydrogen) atoms. The van der Waals surface area contributed by atoms with Crippen molar-refractivity contribution < 1.29 is 14.6 Å². The Morgan fingerprint density at radius 3 is 2.24 bits per heavy atom. The predicted molar refractivity (Wildman–Crippen MR) is 97.9 cm³/mol. The van der Waals surface area contributed by atoms with Crippen molar-refractivity contribution in [2.45, 2.75) is 24.9 Å². The van der Waals surface area contributed by atoms with Gasteiger partial charge in [-0.05, 0) is 54.2 Å². The molecule has 4 rings (SSSR count). The summed E-state index contributed by atoms with van der Waals surface area (Å²) in [5, 5.41) is 9.39. The highest BCUT2D eigenvalue weighted by Crippen LogP contribution is 2.43. The molecule has 1 heterocycles. The van der Waals surface area contributed by atoms with E-state index in [0.29, 0.717) is 12.6 Å². The van der Waals surface area contributed by atoms with E-state index in [2.05, 4.69) is 17.0 Å². The monoisotopic (exact) mass is 339 g/mol. The summed E-state index contributed by atoms with van der Waals surface area (Å²) in [7, 11) is 1.76. The lowest BCUT2D eigenvalue weighted by molar-refractivity contribution is 0.104. The molecule has 0 radical (unpaired) electrons. The summed E-state index contributed by atoms with van der Waals surface area (Å²) < 4.78 is 11.4. The van der Waals surface area contributed by atoms with Crippen LogP contribution < -0.4 is 4.74 Å². The van der Waals surface area contributed by atoms with Gasteiger partial charge < -0.3 is 14.6 Å². The molecule has 1 aliphatic heterocycles. The molecule has 3 atom stereocenters. The Morgan fingerprint density at radius 1 is 1.00 bits per heavy atom. The Kier molecular flexibility index (Phi) is 4.64. The molecule has 1 aliphatic carbocycles. The maximum atomic E-state index is 9.39. The van der Waals surface area contributed by atoms with E-state index >= 15 is 0 Å². The Hall–Kier alpha value is -2.04. The van der Waals surface area contributed by atoms with Gasteiger partial charge >= 0.3 is 0 Å². The van der Waals surface area contributed by atoms with Crippen LogP contribution in [0.2, 0.25) is 0 Å². The van der Waals surface area contributed by atoms with Crippen molar-refractivity contribution >= 4 is 0 Å². The van der Waals surface area contributed by atoms with E-state index in [9.17, 15) is 5.11 Å². The van der Waals surface area contributed by atoms with Gasteiger partial charge in [0.05, 0.1) is 12.6 Å². The number of ether oxygens (including phenoxy) is 2. The van der Waals surface area contributed by atoms with Crippen LogP contribution in [0.15, 0.2) is 48.5 Å². The second-order valence-corrected chi connectivity index (χ2v) is 7.09. The smallest absolute Gasteiger partial charge is 0.119 e. The highest BCUT2D eigenvalue weighted by atomic mass is 16.5. The van der Waals surface area contributed by atoms with Gasteiger partial charge in [-0.15, -0.1) is 0 Å². The first-order chi connectivity index (χ1) is 12.2. The highest BCUT2D eigenvalue weighted by molar-refractivity contribution is 5.64. The van der Waals surface area contributed by atoms with E-state index in [4.69, 9.17) is 9.47 Å². The van der Waals surface area contributed by atoms with Gasteiger partial charge in [0.15, 0.2) is 0 Å². The number of phenolic OH excluding ortho intramolecular Hbond substituents is 1. The molecule has 4 nitrogen and oxygen atoms in total. The van der Waals surface area contributed by atoms with Crippen molar-refractivity contribution in [1.82, 2.24) is 4.90 Å². The Morgan fingerprint density at radius 2 is 1.64 bits per heavy atom. The molecule has 1 saturated heterocycles. The van der Waals surface area contributed by atoms with Gasteiger partial charge in [0.1, 0.15) is 18.1 Å². The summed E-state index contributed by atoms with van der Waals surface area (Å²) in [6.45, 7) is 2.58. The first kappa shape index (κ1) is 16.4. The number of rotatable bonds is 8. The van der Waals surface area contributed by atoms with Crippen molar-refractivity contribution in [3.8, 4) is 22.6 Å². The third-order valence-corrected chi connectivity index (χ3v) is 5.18. The number of phenols is 1. The minimum Gasteiger partial charge on any atom is -0.508 e. The van der Waals surface area contributed by atoms with E-state index < -0.39 is 0 Å². The van der Waals surface area contributed by atoms with Gasteiger partial charge in [-0.25, -0.2) is 0 Å². The summed E-state index contributed by atoms with van der Waals surface area (Å²) in [6.07, 6.45) is 2.78. The number of hydrogen-bond donors (Lipinski definition) is 1. The van der Waals surface area contributed by atoms with Gasteiger partial charge in [-0.2, -0.15) is 0 Å². The van der Waals surface area contributed by atoms with Gasteiger partial charge in [0.25, 0.3) is 0 Å². The van der Waals surface area contributed by atoms with Crippen LogP contribution in [0.25, 0.3) is 11.1 Å². The second-order valence-electron chi connectivity index (χ2n) is 7.09. The zero-order valence-electron chi connectivity index (χ0n) is 14.6. The normalized spacial score (nSPS) is 23.2. The molecular formula is C21H25NO3. The first-order valence-corrected chi connectivity index (χ1v) is 9.01. The number of hydrogen-bond acceptors (Lipinski definition) is 4. The third-order valence-electron chi connectivity index (χ3n) is 5.18. The van der Waals surface area contributed by atoms with E-state index in [1.165, 1.54) is 19.4 Å². The summed E-state index contributed by atoms with van der Waals surface area (Å²) in [4.78, 5) is 2.52. The Bertz CT molecular complexity index is 694. The number of benzene rings is 2. The van der Waals surface area contributed by atoms with Crippen LogP contribution in [0.5, 0.6) is 11.5 Å². The van der Waals surface area contributed by atoms with Crippen molar-refractivity contribution in [2.75, 3.05) is 26.9 Å². The minimum atomic E-state index is 0.285. The molecule has 3 unspecified atom stereocenters. The largest absolute Gasteiger partial charge is 0.508 e. The molecule has 0 spiro atoms. The predicted octanol–water partition coefficient (Wildman–Crippen LogP) is 3.55. The second kappa shape index (κ2) is 7.06. The fraction of sp³-hybridized carbons (Fsp3) is 0.429. The lowest BCUT2D eigenvalue weighted by Crippen LogP contribution is -2.32. The standard InChI is InChI=1S/C21H25NO3/c1-24-13-18(22-12-21(22)17-2-3-17)14-25-20-10-6-16(7-11-20)15-4-8-19(23)9-5-15/h4-11,17-18,21,23H,2-3,12-14H2,1H3. The first-order valence-electron chi connectivity index (χ1n) is 9.01. The maximum Gasteiger partial charge on any atom is 0.119 e. The van der Waals surface area contributed by atoms with E-state index in [-0.39, 0.29) is 5.75 Å². The lowest BCUT2D eigenvalue weighted by Gasteiger charge is -2.19. The summed E-state index contributed by atoms with van der Waals surface area (Å²) >= 11 is 0. The fourth-order valence-electron chi connectivity index (χ4n) is 3.51. The lowest BCUT2D eigenvalue weighted by atomic mass is 10.1. The SMILES string of the molecule is COCC(COc1ccc(-c2ccc(O)cc2)cc1)N1CC1C1CC1. The van der Waals surface area contributed by atoms with Crippen LogP contribution in [0.4, 0.5) is 0 Å². The van der Waals surface area contributed by atoms with Gasteiger partial charge in [-0.3, -0.25) is 4.90 Å². The quantitative estimate of drug-likeness (QED) is 0.747. The molecule has 0 bridgehead atoms. The molecule has 1 saturated carbocycles. The van der Waals surface area contributed by atoms with E-state index in [0.717, 1.165) is 35.4 Å². The maximum absolute atomic E-state index is 9.39. The summed E-state index contributed by atoms with van der Waals surface area (Å²) in [5.74, 6) is 2.09. The summed E-state index contributed by atoms with van der Waals surface area (Å²) in [6, 6.07) is 16.5. The molecular weight excluding hydrogens is 314 g/mol. The number of methoxy groups -OCH3 is 1. The van der Waals surface area contributed by atoms with Crippen LogP contribution in [0.3, 0.4) is 0 Å². The Labute approximate surface area is 149 Å². The van der Waals surface area contributed by atoms with E-state index in [1.54, 1.807) is 19.2 Å². The molecule has 0 aromatic heterocycles. The Balaban J connectivity index is 1.34. The molecule has 2 aromatic rings. The zero-order chi connectivity index (χ0) is 17.2. The van der Waals surface area contributed by atoms with Crippen LogP contribution in [-0.4, -0.2) is 49.0 Å². The zero-order valence-corrected chi connectivity index (χ0v) is 14.6. The van der Waals surface area contributed by atoms with Crippen molar-refractivity contribution in [3.05, 3.63) is 48.5 Å².